The Morgan fingerprint density at radius 2 is 2.21 bits per heavy atom. The highest BCUT2D eigenvalue weighted by molar-refractivity contribution is 6.20. The van der Waals surface area contributed by atoms with E-state index >= 15 is 0 Å². The summed E-state index contributed by atoms with van der Waals surface area (Å²) >= 11 is 6.12. The summed E-state index contributed by atoms with van der Waals surface area (Å²) in [5, 5.41) is 0.174. The number of carbonyl (C=O) groups excluding carboxylic acids is 1. The predicted molar refractivity (Wildman–Crippen MR) is 74.7 cm³/mol. The molecule has 0 aliphatic carbocycles. The standard InChI is InChI=1S/C14H19ClN2O2/c1-10(15)11-4-7-17(8-5-11)14(18)12-3-6-16-9-13(12)19-2/h3,6,9-11H,4-5,7-8H2,1-2H3. The Morgan fingerprint density at radius 1 is 1.53 bits per heavy atom. The first kappa shape index (κ1) is 14.1. The quantitative estimate of drug-likeness (QED) is 0.800. The zero-order valence-corrected chi connectivity index (χ0v) is 12.1. The van der Waals surface area contributed by atoms with Crippen LogP contribution in [-0.2, 0) is 0 Å². The molecule has 1 saturated heterocycles. The zero-order chi connectivity index (χ0) is 13.8. The van der Waals surface area contributed by atoms with Crippen molar-refractivity contribution in [3.8, 4) is 5.75 Å². The Bertz CT molecular complexity index is 443. The van der Waals surface area contributed by atoms with Gasteiger partial charge in [0.05, 0.1) is 18.9 Å². The highest BCUT2D eigenvalue weighted by Crippen LogP contribution is 2.26. The summed E-state index contributed by atoms with van der Waals surface area (Å²) in [5.41, 5.74) is 0.579. The largest absolute Gasteiger partial charge is 0.494 e. The van der Waals surface area contributed by atoms with Crippen LogP contribution in [0.4, 0.5) is 0 Å². The molecule has 1 aromatic heterocycles. The molecule has 4 nitrogen and oxygen atoms in total. The van der Waals surface area contributed by atoms with Crippen LogP contribution in [0.15, 0.2) is 18.5 Å². The van der Waals surface area contributed by atoms with Crippen molar-refractivity contribution in [2.75, 3.05) is 20.2 Å². The monoisotopic (exact) mass is 282 g/mol. The first-order valence-electron chi connectivity index (χ1n) is 6.55. The average Bonchev–Trinajstić information content (AvgIpc) is 2.46. The molecule has 0 radical (unpaired) electrons. The van der Waals surface area contributed by atoms with Gasteiger partial charge in [0.1, 0.15) is 5.75 Å². The van der Waals surface area contributed by atoms with E-state index in [0.717, 1.165) is 25.9 Å². The number of nitrogens with zero attached hydrogens (tertiary/aromatic N) is 2. The van der Waals surface area contributed by atoms with Gasteiger partial charge in [-0.15, -0.1) is 11.6 Å². The van der Waals surface area contributed by atoms with Crippen molar-refractivity contribution in [2.45, 2.75) is 25.1 Å². The summed E-state index contributed by atoms with van der Waals surface area (Å²) in [7, 11) is 1.55. The lowest BCUT2D eigenvalue weighted by molar-refractivity contribution is 0.0686. The van der Waals surface area contributed by atoms with Gasteiger partial charge < -0.3 is 9.64 Å². The first-order chi connectivity index (χ1) is 9.13. The van der Waals surface area contributed by atoms with Gasteiger partial charge in [-0.3, -0.25) is 9.78 Å². The second-order valence-electron chi connectivity index (χ2n) is 4.88. The third kappa shape index (κ3) is 3.18. The highest BCUT2D eigenvalue weighted by Gasteiger charge is 2.27. The van der Waals surface area contributed by atoms with Gasteiger partial charge >= 0.3 is 0 Å². The van der Waals surface area contributed by atoms with Crippen molar-refractivity contribution >= 4 is 17.5 Å². The fourth-order valence-electron chi connectivity index (χ4n) is 2.45. The number of carbonyl (C=O) groups is 1. The lowest BCUT2D eigenvalue weighted by Gasteiger charge is -2.33. The number of likely N-dealkylation sites (tertiary alicyclic amines) is 1. The van der Waals surface area contributed by atoms with E-state index in [-0.39, 0.29) is 11.3 Å². The Labute approximate surface area is 118 Å². The molecule has 2 rings (SSSR count). The topological polar surface area (TPSA) is 42.4 Å². The average molecular weight is 283 g/mol. The van der Waals surface area contributed by atoms with E-state index in [0.29, 0.717) is 17.2 Å². The number of pyridine rings is 1. The Morgan fingerprint density at radius 3 is 2.79 bits per heavy atom. The number of methoxy groups -OCH3 is 1. The number of hydrogen-bond acceptors (Lipinski definition) is 3. The van der Waals surface area contributed by atoms with Gasteiger partial charge in [-0.1, -0.05) is 0 Å². The molecule has 1 fully saturated rings. The Hall–Kier alpha value is -1.29. The minimum atomic E-state index is 0.0138. The van der Waals surface area contributed by atoms with E-state index in [1.807, 2.05) is 11.8 Å². The second-order valence-corrected chi connectivity index (χ2v) is 5.57. The number of rotatable bonds is 3. The van der Waals surface area contributed by atoms with Crippen LogP contribution in [0.25, 0.3) is 0 Å². The molecule has 0 spiro atoms. The third-order valence-electron chi connectivity index (χ3n) is 3.71. The SMILES string of the molecule is COc1cnccc1C(=O)N1CCC(C(C)Cl)CC1. The number of halogens is 1. The van der Waals surface area contributed by atoms with Crippen LogP contribution in [0.5, 0.6) is 5.75 Å². The smallest absolute Gasteiger partial charge is 0.257 e. The van der Waals surface area contributed by atoms with Crippen LogP contribution in [0.1, 0.15) is 30.1 Å². The maximum absolute atomic E-state index is 12.4. The van der Waals surface area contributed by atoms with Gasteiger partial charge in [-0.05, 0) is 31.7 Å². The molecule has 0 aromatic carbocycles. The fourth-order valence-corrected chi connectivity index (χ4v) is 2.70. The molecule has 104 valence electrons. The van der Waals surface area contributed by atoms with Crippen molar-refractivity contribution in [3.05, 3.63) is 24.0 Å². The summed E-state index contributed by atoms with van der Waals surface area (Å²) in [6.07, 6.45) is 5.11. The van der Waals surface area contributed by atoms with Gasteiger partial charge in [0.25, 0.3) is 5.91 Å². The van der Waals surface area contributed by atoms with E-state index < -0.39 is 0 Å². The molecule has 0 bridgehead atoms. The van der Waals surface area contributed by atoms with Crippen LogP contribution in [0.2, 0.25) is 0 Å². The highest BCUT2D eigenvalue weighted by atomic mass is 35.5. The molecular formula is C14H19ClN2O2. The fraction of sp³-hybridized carbons (Fsp3) is 0.571. The summed E-state index contributed by atoms with van der Waals surface area (Å²) in [6, 6.07) is 1.71. The molecule has 1 aliphatic rings. The minimum absolute atomic E-state index is 0.0138. The number of amides is 1. The minimum Gasteiger partial charge on any atom is -0.494 e. The van der Waals surface area contributed by atoms with E-state index in [9.17, 15) is 4.79 Å². The molecule has 19 heavy (non-hydrogen) atoms. The summed E-state index contributed by atoms with van der Waals surface area (Å²) in [5.74, 6) is 1.05. The summed E-state index contributed by atoms with van der Waals surface area (Å²) in [6.45, 7) is 3.54. The van der Waals surface area contributed by atoms with E-state index in [1.165, 1.54) is 0 Å². The van der Waals surface area contributed by atoms with Crippen molar-refractivity contribution in [2.24, 2.45) is 5.92 Å². The third-order valence-corrected chi connectivity index (χ3v) is 4.07. The Balaban J connectivity index is 2.05. The summed E-state index contributed by atoms with van der Waals surface area (Å²) in [4.78, 5) is 18.3. The van der Waals surface area contributed by atoms with Crippen LogP contribution in [-0.4, -0.2) is 41.4 Å². The maximum Gasteiger partial charge on any atom is 0.257 e. The van der Waals surface area contributed by atoms with Gasteiger partial charge in [0.15, 0.2) is 0 Å². The molecule has 1 amide bonds. The second kappa shape index (κ2) is 6.24. The molecule has 0 saturated carbocycles. The molecule has 1 atom stereocenters. The van der Waals surface area contributed by atoms with Gasteiger partial charge in [-0.25, -0.2) is 0 Å². The van der Waals surface area contributed by atoms with E-state index in [4.69, 9.17) is 16.3 Å². The molecule has 1 aliphatic heterocycles. The van der Waals surface area contributed by atoms with Crippen LogP contribution < -0.4 is 4.74 Å². The van der Waals surface area contributed by atoms with Gasteiger partial charge in [-0.2, -0.15) is 0 Å². The van der Waals surface area contributed by atoms with Crippen LogP contribution >= 0.6 is 11.6 Å². The number of ether oxygens (including phenoxy) is 1. The van der Waals surface area contributed by atoms with Crippen molar-refractivity contribution < 1.29 is 9.53 Å². The van der Waals surface area contributed by atoms with Crippen molar-refractivity contribution in [1.29, 1.82) is 0 Å². The van der Waals surface area contributed by atoms with Crippen LogP contribution in [0.3, 0.4) is 0 Å². The van der Waals surface area contributed by atoms with Crippen molar-refractivity contribution in [3.63, 3.8) is 0 Å². The number of piperidine rings is 1. The number of hydrogen-bond donors (Lipinski definition) is 0. The summed E-state index contributed by atoms with van der Waals surface area (Å²) < 4.78 is 5.19. The number of aromatic nitrogens is 1. The molecule has 1 aromatic rings. The van der Waals surface area contributed by atoms with Crippen molar-refractivity contribution in [1.82, 2.24) is 9.88 Å². The van der Waals surface area contributed by atoms with E-state index in [2.05, 4.69) is 4.98 Å². The first-order valence-corrected chi connectivity index (χ1v) is 6.98. The van der Waals surface area contributed by atoms with Gasteiger partial charge in [0, 0.05) is 24.7 Å². The number of alkyl halides is 1. The van der Waals surface area contributed by atoms with E-state index in [1.54, 1.807) is 25.6 Å². The lowest BCUT2D eigenvalue weighted by Crippen LogP contribution is -2.40. The predicted octanol–water partition coefficient (Wildman–Crippen LogP) is 2.57. The Kier molecular flexibility index (Phi) is 4.64. The normalized spacial score (nSPS) is 18.2. The molecular weight excluding hydrogens is 264 g/mol. The molecule has 5 heteroatoms. The molecule has 0 N–H and O–H groups in total. The zero-order valence-electron chi connectivity index (χ0n) is 11.3. The molecule has 2 heterocycles. The van der Waals surface area contributed by atoms with Gasteiger partial charge in [0.2, 0.25) is 0 Å². The lowest BCUT2D eigenvalue weighted by atomic mass is 9.93. The maximum atomic E-state index is 12.4. The van der Waals surface area contributed by atoms with Crippen LogP contribution in [0, 0.1) is 5.92 Å². The molecule has 1 unspecified atom stereocenters.